The molecule has 3 nitrogen and oxygen atoms in total. The summed E-state index contributed by atoms with van der Waals surface area (Å²) >= 11 is 0. The molecule has 1 fully saturated rings. The van der Waals surface area contributed by atoms with Gasteiger partial charge in [0.25, 0.3) is 0 Å². The monoisotopic (exact) mass is 268 g/mol. The Morgan fingerprint density at radius 2 is 2.21 bits per heavy atom. The van der Waals surface area contributed by atoms with E-state index in [4.69, 9.17) is 4.74 Å². The lowest BCUT2D eigenvalue weighted by Gasteiger charge is -2.28. The number of likely N-dealkylation sites (N-methyl/N-ethyl adjacent to an activating group) is 1. The van der Waals surface area contributed by atoms with Crippen LogP contribution in [0.3, 0.4) is 0 Å². The van der Waals surface area contributed by atoms with Crippen molar-refractivity contribution in [1.29, 1.82) is 0 Å². The molecule has 0 aromatic rings. The van der Waals surface area contributed by atoms with Crippen molar-refractivity contribution in [2.24, 2.45) is 5.92 Å². The molecule has 2 heterocycles. The summed E-state index contributed by atoms with van der Waals surface area (Å²) in [5.41, 5.74) is 0. The molecule has 4 heteroatoms. The van der Waals surface area contributed by atoms with Crippen LogP contribution >= 0.6 is 0 Å². The Morgan fingerprint density at radius 3 is 3.00 bits per heavy atom. The largest absolute Gasteiger partial charge is 0.479 e. The number of halogens is 1. The first-order valence-corrected chi connectivity index (χ1v) is 7.29. The molecule has 2 atom stereocenters. The van der Waals surface area contributed by atoms with E-state index in [2.05, 4.69) is 12.2 Å². The van der Waals surface area contributed by atoms with Gasteiger partial charge in [0.15, 0.2) is 5.88 Å². The van der Waals surface area contributed by atoms with Crippen LogP contribution in [0.4, 0.5) is 4.39 Å². The molecule has 2 rings (SSSR count). The lowest BCUT2D eigenvalue weighted by Crippen LogP contribution is -2.32. The standard InChI is InChI=1S/C15H25FN2O/c1-12-4-3-5-13(8-9-17-12)11-19-15-7-6-14(16)10-18(15)2/h6-7,12-13,17H,3-5,8-11H2,1-2H3. The Morgan fingerprint density at radius 1 is 1.37 bits per heavy atom. The van der Waals surface area contributed by atoms with Gasteiger partial charge in [-0.25, -0.2) is 4.39 Å². The van der Waals surface area contributed by atoms with E-state index >= 15 is 0 Å². The number of allylic oxidation sites excluding steroid dienone is 2. The van der Waals surface area contributed by atoms with Gasteiger partial charge in [0.05, 0.1) is 13.2 Å². The topological polar surface area (TPSA) is 24.5 Å². The van der Waals surface area contributed by atoms with Crippen molar-refractivity contribution in [3.05, 3.63) is 23.9 Å². The van der Waals surface area contributed by atoms with Crippen molar-refractivity contribution in [3.63, 3.8) is 0 Å². The number of nitrogens with zero attached hydrogens (tertiary/aromatic N) is 1. The average Bonchev–Trinajstić information content (AvgIpc) is 2.34. The number of nitrogens with one attached hydrogen (secondary N) is 1. The zero-order valence-corrected chi connectivity index (χ0v) is 12.0. The molecule has 0 spiro atoms. The van der Waals surface area contributed by atoms with Crippen molar-refractivity contribution in [1.82, 2.24) is 10.2 Å². The van der Waals surface area contributed by atoms with Gasteiger partial charge in [0.2, 0.25) is 0 Å². The molecule has 2 aliphatic heterocycles. The summed E-state index contributed by atoms with van der Waals surface area (Å²) in [7, 11) is 1.86. The third kappa shape index (κ3) is 4.53. The lowest BCUT2D eigenvalue weighted by atomic mass is 9.95. The highest BCUT2D eigenvalue weighted by molar-refractivity contribution is 5.17. The van der Waals surface area contributed by atoms with Gasteiger partial charge in [-0.05, 0) is 44.7 Å². The van der Waals surface area contributed by atoms with E-state index in [9.17, 15) is 4.39 Å². The summed E-state index contributed by atoms with van der Waals surface area (Å²) < 4.78 is 18.9. The first-order chi connectivity index (χ1) is 9.15. The van der Waals surface area contributed by atoms with Crippen LogP contribution in [0.1, 0.15) is 32.6 Å². The molecule has 0 aromatic carbocycles. The van der Waals surface area contributed by atoms with Crippen LogP contribution < -0.4 is 5.32 Å². The summed E-state index contributed by atoms with van der Waals surface area (Å²) in [6.45, 7) is 4.37. The van der Waals surface area contributed by atoms with Gasteiger partial charge in [-0.1, -0.05) is 6.42 Å². The van der Waals surface area contributed by atoms with Crippen LogP contribution in [0.5, 0.6) is 0 Å². The van der Waals surface area contributed by atoms with E-state index in [0.717, 1.165) is 25.5 Å². The fourth-order valence-corrected chi connectivity index (χ4v) is 2.67. The highest BCUT2D eigenvalue weighted by Gasteiger charge is 2.17. The summed E-state index contributed by atoms with van der Waals surface area (Å²) in [6, 6.07) is 0.641. The van der Waals surface area contributed by atoms with Crippen molar-refractivity contribution in [2.45, 2.75) is 38.6 Å². The molecule has 0 aromatic heterocycles. The molecule has 0 amide bonds. The van der Waals surface area contributed by atoms with Crippen LogP contribution in [0, 0.1) is 5.92 Å². The van der Waals surface area contributed by atoms with E-state index in [0.29, 0.717) is 18.5 Å². The van der Waals surface area contributed by atoms with E-state index in [1.165, 1.54) is 25.3 Å². The summed E-state index contributed by atoms with van der Waals surface area (Å²) in [6.07, 6.45) is 8.11. The first-order valence-electron chi connectivity index (χ1n) is 7.29. The maximum Gasteiger partial charge on any atom is 0.189 e. The minimum Gasteiger partial charge on any atom is -0.479 e. The second-order valence-electron chi connectivity index (χ2n) is 5.73. The van der Waals surface area contributed by atoms with E-state index in [1.807, 2.05) is 11.9 Å². The zero-order valence-electron chi connectivity index (χ0n) is 12.0. The number of hydrogen-bond donors (Lipinski definition) is 1. The van der Waals surface area contributed by atoms with Gasteiger partial charge in [-0.3, -0.25) is 0 Å². The predicted octanol–water partition coefficient (Wildman–Crippen LogP) is 2.81. The molecular formula is C15H25FN2O. The van der Waals surface area contributed by atoms with Crippen LogP contribution in [-0.2, 0) is 4.74 Å². The molecule has 0 aliphatic carbocycles. The van der Waals surface area contributed by atoms with Crippen molar-refractivity contribution in [3.8, 4) is 0 Å². The van der Waals surface area contributed by atoms with Crippen LogP contribution in [0.2, 0.25) is 0 Å². The van der Waals surface area contributed by atoms with Crippen LogP contribution in [-0.4, -0.2) is 37.7 Å². The van der Waals surface area contributed by atoms with Gasteiger partial charge >= 0.3 is 0 Å². The van der Waals surface area contributed by atoms with Crippen molar-refractivity contribution >= 4 is 0 Å². The fraction of sp³-hybridized carbons (Fsp3) is 0.733. The SMILES string of the molecule is CC1CCCC(COC2=CC=C(F)CN2C)CCN1. The normalized spacial score (nSPS) is 29.1. The second-order valence-corrected chi connectivity index (χ2v) is 5.73. The smallest absolute Gasteiger partial charge is 0.189 e. The van der Waals surface area contributed by atoms with Crippen LogP contribution in [0.15, 0.2) is 23.9 Å². The summed E-state index contributed by atoms with van der Waals surface area (Å²) in [5.74, 6) is 1.27. The van der Waals surface area contributed by atoms with E-state index in [-0.39, 0.29) is 5.83 Å². The highest BCUT2D eigenvalue weighted by Crippen LogP contribution is 2.20. The van der Waals surface area contributed by atoms with Gasteiger partial charge in [-0.2, -0.15) is 0 Å². The molecule has 19 heavy (non-hydrogen) atoms. The minimum absolute atomic E-state index is 0.112. The third-order valence-corrected chi connectivity index (χ3v) is 3.93. The first kappa shape index (κ1) is 14.4. The molecule has 0 bridgehead atoms. The van der Waals surface area contributed by atoms with Gasteiger partial charge in [0.1, 0.15) is 5.83 Å². The van der Waals surface area contributed by atoms with E-state index in [1.54, 1.807) is 6.08 Å². The number of hydrogen-bond acceptors (Lipinski definition) is 3. The number of ether oxygens (including phenoxy) is 1. The molecule has 2 aliphatic rings. The third-order valence-electron chi connectivity index (χ3n) is 3.93. The maximum atomic E-state index is 13.0. The molecule has 0 saturated carbocycles. The Kier molecular flexibility index (Phi) is 5.25. The molecule has 1 N–H and O–H groups in total. The Labute approximate surface area is 115 Å². The van der Waals surface area contributed by atoms with Gasteiger partial charge < -0.3 is 15.0 Å². The summed E-state index contributed by atoms with van der Waals surface area (Å²) in [5, 5.41) is 3.53. The predicted molar refractivity (Wildman–Crippen MR) is 75.3 cm³/mol. The Bertz CT molecular complexity index is 344. The molecule has 2 unspecified atom stereocenters. The fourth-order valence-electron chi connectivity index (χ4n) is 2.67. The van der Waals surface area contributed by atoms with Gasteiger partial charge in [-0.15, -0.1) is 0 Å². The van der Waals surface area contributed by atoms with E-state index < -0.39 is 0 Å². The average molecular weight is 268 g/mol. The minimum atomic E-state index is -0.112. The second kappa shape index (κ2) is 6.94. The van der Waals surface area contributed by atoms with Crippen molar-refractivity contribution < 1.29 is 9.13 Å². The molecule has 108 valence electrons. The quantitative estimate of drug-likeness (QED) is 0.852. The Balaban J connectivity index is 1.78. The Hall–Kier alpha value is -1.03. The molecular weight excluding hydrogens is 243 g/mol. The lowest BCUT2D eigenvalue weighted by molar-refractivity contribution is 0.0899. The van der Waals surface area contributed by atoms with Gasteiger partial charge in [0, 0.05) is 19.2 Å². The van der Waals surface area contributed by atoms with Crippen molar-refractivity contribution in [2.75, 3.05) is 26.7 Å². The number of rotatable bonds is 3. The zero-order chi connectivity index (χ0) is 13.7. The van der Waals surface area contributed by atoms with Crippen LogP contribution in [0.25, 0.3) is 0 Å². The molecule has 1 saturated heterocycles. The molecule has 0 radical (unpaired) electrons. The highest BCUT2D eigenvalue weighted by atomic mass is 19.1. The maximum absolute atomic E-state index is 13.0. The summed E-state index contributed by atoms with van der Waals surface area (Å²) in [4.78, 5) is 1.82.